The van der Waals surface area contributed by atoms with Crippen molar-refractivity contribution in [3.8, 4) is 5.75 Å². The number of nitrogens with zero attached hydrogens (tertiary/aromatic N) is 2. The Morgan fingerprint density at radius 3 is 2.46 bits per heavy atom. The molecule has 0 radical (unpaired) electrons. The van der Waals surface area contributed by atoms with Crippen molar-refractivity contribution < 1.29 is 23.8 Å². The van der Waals surface area contributed by atoms with E-state index in [1.54, 1.807) is 24.3 Å². The van der Waals surface area contributed by atoms with Crippen molar-refractivity contribution >= 4 is 44.1 Å². The van der Waals surface area contributed by atoms with Crippen molar-refractivity contribution in [2.75, 3.05) is 11.5 Å². The minimum Gasteiger partial charge on any atom is -0.507 e. The Hall–Kier alpha value is -4.04. The van der Waals surface area contributed by atoms with Crippen molar-refractivity contribution in [3.63, 3.8) is 0 Å². The largest absolute Gasteiger partial charge is 0.507 e. The number of amides is 1. The van der Waals surface area contributed by atoms with Crippen LogP contribution in [0.2, 0.25) is 0 Å². The van der Waals surface area contributed by atoms with Crippen molar-refractivity contribution in [2.24, 2.45) is 0 Å². The summed E-state index contributed by atoms with van der Waals surface area (Å²) in [5.41, 5.74) is 3.58. The summed E-state index contributed by atoms with van der Waals surface area (Å²) in [6, 6.07) is 15.4. The van der Waals surface area contributed by atoms with Gasteiger partial charge in [-0.15, -0.1) is 0 Å². The number of hydrogen-bond donors (Lipinski definition) is 1. The Bertz CT molecular complexity index is 1570. The van der Waals surface area contributed by atoms with E-state index in [1.165, 1.54) is 40.5 Å². The van der Waals surface area contributed by atoms with Gasteiger partial charge in [-0.3, -0.25) is 14.5 Å². The number of carbonyl (C=O) groups is 2. The lowest BCUT2D eigenvalue weighted by molar-refractivity contribution is -0.132. The van der Waals surface area contributed by atoms with Crippen molar-refractivity contribution in [1.29, 1.82) is 0 Å². The molecule has 1 unspecified atom stereocenters. The van der Waals surface area contributed by atoms with E-state index in [0.29, 0.717) is 23.1 Å². The zero-order valence-electron chi connectivity index (χ0n) is 22.0. The molecule has 39 heavy (non-hydrogen) atoms. The normalized spacial score (nSPS) is 16.8. The summed E-state index contributed by atoms with van der Waals surface area (Å²) in [7, 11) is 0. The third-order valence-electron chi connectivity index (χ3n) is 6.80. The van der Waals surface area contributed by atoms with Gasteiger partial charge in [-0.1, -0.05) is 49.3 Å². The summed E-state index contributed by atoms with van der Waals surface area (Å²) in [6.45, 7) is 6.68. The third-order valence-corrected chi connectivity index (χ3v) is 7.80. The molecule has 1 saturated heterocycles. The van der Waals surface area contributed by atoms with Gasteiger partial charge in [0.05, 0.1) is 28.4 Å². The molecule has 1 aromatic heterocycles. The average molecular weight is 545 g/mol. The summed E-state index contributed by atoms with van der Waals surface area (Å²) < 4.78 is 20.3. The van der Waals surface area contributed by atoms with Gasteiger partial charge in [0.25, 0.3) is 5.78 Å². The standard InChI is InChI=1S/C31H29FN2O4S/c1-4-5-6-15-38-23-13-9-20(10-14-23)27-25(28(35)21-7-11-22(32)12-8-21)29(36)30(37)34(27)31-33-26-19(3)16-18(2)17-24(26)39-31/h7-14,16-17,27,35H,4-6,15H2,1-3H3/b28-25+. The number of anilines is 1. The Morgan fingerprint density at radius 2 is 1.77 bits per heavy atom. The predicted octanol–water partition coefficient (Wildman–Crippen LogP) is 7.25. The van der Waals surface area contributed by atoms with Crippen LogP contribution < -0.4 is 9.64 Å². The topological polar surface area (TPSA) is 79.7 Å². The molecule has 0 bridgehead atoms. The number of benzene rings is 3. The molecular weight excluding hydrogens is 515 g/mol. The molecule has 1 aliphatic heterocycles. The average Bonchev–Trinajstić information content (AvgIpc) is 3.45. The molecule has 1 aliphatic rings. The van der Waals surface area contributed by atoms with Crippen LogP contribution in [0.1, 0.15) is 54.5 Å². The van der Waals surface area contributed by atoms with Crippen molar-refractivity contribution in [1.82, 2.24) is 4.98 Å². The number of unbranched alkanes of at least 4 members (excludes halogenated alkanes) is 2. The highest BCUT2D eigenvalue weighted by Gasteiger charge is 2.48. The lowest BCUT2D eigenvalue weighted by atomic mass is 9.95. The fourth-order valence-electron chi connectivity index (χ4n) is 4.86. The number of aryl methyl sites for hydroxylation is 2. The first kappa shape index (κ1) is 26.6. The van der Waals surface area contributed by atoms with Gasteiger partial charge in [0, 0.05) is 5.56 Å². The number of aromatic nitrogens is 1. The molecule has 4 aromatic rings. The second-order valence-electron chi connectivity index (χ2n) is 9.73. The van der Waals surface area contributed by atoms with Gasteiger partial charge in [-0.2, -0.15) is 0 Å². The first-order valence-electron chi connectivity index (χ1n) is 13.0. The molecule has 5 rings (SSSR count). The van der Waals surface area contributed by atoms with Gasteiger partial charge >= 0.3 is 5.91 Å². The molecule has 0 saturated carbocycles. The van der Waals surface area contributed by atoms with E-state index >= 15 is 0 Å². The summed E-state index contributed by atoms with van der Waals surface area (Å²) in [5, 5.41) is 11.6. The molecule has 1 fully saturated rings. The first-order valence-corrected chi connectivity index (χ1v) is 13.8. The molecule has 1 N–H and O–H groups in total. The maximum atomic E-state index is 13.6. The molecule has 2 heterocycles. The fraction of sp³-hybridized carbons (Fsp3) is 0.258. The second-order valence-corrected chi connectivity index (χ2v) is 10.7. The van der Waals surface area contributed by atoms with Gasteiger partial charge in [-0.25, -0.2) is 9.37 Å². The van der Waals surface area contributed by atoms with Crippen LogP contribution >= 0.6 is 11.3 Å². The van der Waals surface area contributed by atoms with Crippen LogP contribution in [0.4, 0.5) is 9.52 Å². The molecule has 6 nitrogen and oxygen atoms in total. The van der Waals surface area contributed by atoms with Gasteiger partial charge in [0.1, 0.15) is 17.3 Å². The number of carbonyl (C=O) groups excluding carboxylic acids is 2. The third kappa shape index (κ3) is 5.16. The SMILES string of the molecule is CCCCCOc1ccc(C2/C(=C(\O)c3ccc(F)cc3)C(=O)C(=O)N2c2nc3c(C)cc(C)cc3s2)cc1. The minimum atomic E-state index is -0.925. The van der Waals surface area contributed by atoms with Crippen molar-refractivity contribution in [2.45, 2.75) is 46.1 Å². The van der Waals surface area contributed by atoms with E-state index < -0.39 is 23.5 Å². The predicted molar refractivity (Wildman–Crippen MR) is 152 cm³/mol. The molecule has 1 atom stereocenters. The van der Waals surface area contributed by atoms with E-state index in [2.05, 4.69) is 6.92 Å². The van der Waals surface area contributed by atoms with Crippen LogP contribution in [0.15, 0.2) is 66.2 Å². The van der Waals surface area contributed by atoms with Gasteiger partial charge in [-0.05, 0) is 79.4 Å². The minimum absolute atomic E-state index is 0.0737. The molecular formula is C31H29FN2O4S. The lowest BCUT2D eigenvalue weighted by Crippen LogP contribution is -2.29. The number of fused-ring (bicyclic) bond motifs is 1. The molecule has 0 spiro atoms. The van der Waals surface area contributed by atoms with Crippen LogP contribution in [0, 0.1) is 19.7 Å². The van der Waals surface area contributed by atoms with E-state index in [9.17, 15) is 19.1 Å². The maximum absolute atomic E-state index is 13.6. The summed E-state index contributed by atoms with van der Waals surface area (Å²) in [4.78, 5) is 33.0. The zero-order valence-corrected chi connectivity index (χ0v) is 22.8. The monoisotopic (exact) mass is 544 g/mol. The molecule has 8 heteroatoms. The van der Waals surface area contributed by atoms with Crippen LogP contribution in [0.25, 0.3) is 16.0 Å². The van der Waals surface area contributed by atoms with E-state index in [-0.39, 0.29) is 16.9 Å². The fourth-order valence-corrected chi connectivity index (χ4v) is 6.03. The quantitative estimate of drug-likeness (QED) is 0.109. The van der Waals surface area contributed by atoms with E-state index in [4.69, 9.17) is 9.72 Å². The summed E-state index contributed by atoms with van der Waals surface area (Å²) >= 11 is 1.32. The van der Waals surface area contributed by atoms with Crippen LogP contribution in [-0.2, 0) is 9.59 Å². The first-order chi connectivity index (χ1) is 18.8. The molecule has 0 aliphatic carbocycles. The Labute approximate surface area is 230 Å². The van der Waals surface area contributed by atoms with E-state index in [1.807, 2.05) is 26.0 Å². The highest BCUT2D eigenvalue weighted by atomic mass is 32.1. The highest BCUT2D eigenvalue weighted by Crippen LogP contribution is 2.45. The highest BCUT2D eigenvalue weighted by molar-refractivity contribution is 7.22. The molecule has 3 aromatic carbocycles. The lowest BCUT2D eigenvalue weighted by Gasteiger charge is -2.23. The number of halogens is 1. The van der Waals surface area contributed by atoms with Gasteiger partial charge in [0.2, 0.25) is 0 Å². The Kier molecular flexibility index (Phi) is 7.48. The summed E-state index contributed by atoms with van der Waals surface area (Å²) in [5.74, 6) is -1.77. The Morgan fingerprint density at radius 1 is 1.05 bits per heavy atom. The Balaban J connectivity index is 1.62. The van der Waals surface area contributed by atoms with Crippen LogP contribution in [0.3, 0.4) is 0 Å². The number of ketones is 1. The van der Waals surface area contributed by atoms with Gasteiger partial charge < -0.3 is 9.84 Å². The number of aliphatic hydroxyl groups is 1. The number of Topliss-reactive ketones (excluding diaryl/α,β-unsaturated/α-hetero) is 1. The van der Waals surface area contributed by atoms with Crippen molar-refractivity contribution in [3.05, 3.63) is 94.3 Å². The second kappa shape index (κ2) is 11.0. The summed E-state index contributed by atoms with van der Waals surface area (Å²) in [6.07, 6.45) is 3.13. The van der Waals surface area contributed by atoms with Crippen LogP contribution in [-0.4, -0.2) is 28.4 Å². The maximum Gasteiger partial charge on any atom is 0.301 e. The molecule has 200 valence electrons. The molecule has 1 amide bonds. The number of hydrogen-bond acceptors (Lipinski definition) is 6. The number of ether oxygens (including phenoxy) is 1. The number of rotatable bonds is 8. The smallest absolute Gasteiger partial charge is 0.301 e. The van der Waals surface area contributed by atoms with Crippen LogP contribution in [0.5, 0.6) is 5.75 Å². The van der Waals surface area contributed by atoms with Gasteiger partial charge in [0.15, 0.2) is 5.13 Å². The number of thiazole rings is 1. The zero-order chi connectivity index (χ0) is 27.7. The number of aliphatic hydroxyl groups excluding tert-OH is 1. The van der Waals surface area contributed by atoms with E-state index in [0.717, 1.165) is 40.6 Å².